The van der Waals surface area contributed by atoms with Gasteiger partial charge in [0, 0.05) is 18.1 Å². The Morgan fingerprint density at radius 1 is 1.56 bits per heavy atom. The summed E-state index contributed by atoms with van der Waals surface area (Å²) in [5, 5.41) is 0. The molecule has 92 valence electrons. The summed E-state index contributed by atoms with van der Waals surface area (Å²) >= 11 is 4.13. The quantitative estimate of drug-likeness (QED) is 0.477. The first-order chi connectivity index (χ1) is 7.36. The fourth-order valence-corrected chi connectivity index (χ4v) is 1.10. The summed E-state index contributed by atoms with van der Waals surface area (Å²) in [7, 11) is -2.25. The van der Waals surface area contributed by atoms with Crippen molar-refractivity contribution in [3.8, 4) is 5.75 Å². The molecule has 0 bridgehead atoms. The van der Waals surface area contributed by atoms with Gasteiger partial charge in [-0.1, -0.05) is 0 Å². The van der Waals surface area contributed by atoms with Gasteiger partial charge >= 0.3 is 0 Å². The van der Waals surface area contributed by atoms with Crippen molar-refractivity contribution in [3.63, 3.8) is 0 Å². The summed E-state index contributed by atoms with van der Waals surface area (Å²) in [5.41, 5.74) is 0. The predicted octanol–water partition coefficient (Wildman–Crippen LogP) is 0.0739. The first-order valence-corrected chi connectivity index (χ1v) is 6.86. The molecule has 0 aromatic carbocycles. The molecule has 0 saturated carbocycles. The molecule has 0 saturated heterocycles. The molecule has 0 amide bonds. The lowest BCUT2D eigenvalue weighted by Crippen LogP contribution is -2.33. The summed E-state index contributed by atoms with van der Waals surface area (Å²) in [6, 6.07) is 3.89. The molecular formula is C9H15NO4S2. The van der Waals surface area contributed by atoms with E-state index in [1.807, 2.05) is 29.1 Å². The highest BCUT2D eigenvalue weighted by molar-refractivity contribution is 7.84. The van der Waals surface area contributed by atoms with Gasteiger partial charge in [0.1, 0.15) is 0 Å². The average Bonchev–Trinajstić information content (AvgIpc) is 2.16. The molecule has 1 heterocycles. The maximum atomic E-state index is 9.08. The van der Waals surface area contributed by atoms with Crippen molar-refractivity contribution in [2.45, 2.75) is 6.54 Å². The van der Waals surface area contributed by atoms with E-state index in [9.17, 15) is 0 Å². The molecule has 0 aliphatic heterocycles. The number of nitrogens with zero attached hydrogens (tertiary/aromatic N) is 1. The van der Waals surface area contributed by atoms with E-state index in [4.69, 9.17) is 17.7 Å². The Labute approximate surface area is 101 Å². The van der Waals surface area contributed by atoms with Gasteiger partial charge in [0.2, 0.25) is 6.20 Å². The van der Waals surface area contributed by atoms with Crippen LogP contribution in [0.15, 0.2) is 24.5 Å². The summed E-state index contributed by atoms with van der Waals surface area (Å²) < 4.78 is 34.3. The monoisotopic (exact) mass is 265 g/mol. The lowest BCUT2D eigenvalue weighted by atomic mass is 10.4. The summed E-state index contributed by atoms with van der Waals surface area (Å²) in [5.74, 6) is 1.73. The van der Waals surface area contributed by atoms with Crippen LogP contribution in [0, 0.1) is 0 Å². The fourth-order valence-electron chi connectivity index (χ4n) is 0.873. The number of hydrogen-bond acceptors (Lipinski definition) is 5. The Hall–Kier alpha value is -0.790. The summed E-state index contributed by atoms with van der Waals surface area (Å²) in [4.78, 5) is 0. The van der Waals surface area contributed by atoms with Gasteiger partial charge in [-0.2, -0.15) is 12.6 Å². The fraction of sp³-hybridized carbons (Fsp3) is 0.444. The van der Waals surface area contributed by atoms with Gasteiger partial charge in [-0.25, -0.2) is 13.0 Å². The largest absolute Gasteiger partial charge is 0.748 e. The van der Waals surface area contributed by atoms with Crippen molar-refractivity contribution in [1.82, 2.24) is 0 Å². The van der Waals surface area contributed by atoms with Crippen LogP contribution in [-0.2, 0) is 16.7 Å². The van der Waals surface area contributed by atoms with Crippen LogP contribution >= 0.6 is 12.6 Å². The number of thiol groups is 1. The number of hydrogen-bond donors (Lipinski definition) is 1. The zero-order valence-electron chi connectivity index (χ0n) is 9.16. The normalized spacial score (nSPS) is 10.2. The predicted molar refractivity (Wildman–Crippen MR) is 62.7 cm³/mol. The van der Waals surface area contributed by atoms with Crippen LogP contribution in [-0.4, -0.2) is 32.1 Å². The van der Waals surface area contributed by atoms with Gasteiger partial charge in [-0.3, -0.25) is 0 Å². The standard InChI is InChI=1S/C8H11NOS.CH4O3S/c1-10-8-3-2-4-9(7-8)5-6-11;1-5(2,3)4/h2-4,7H,5-6H2,1H3;1H3,(H,2,3,4). The second-order valence-corrected chi connectivity index (χ2v) is 4.76. The number of methoxy groups -OCH3 is 1. The highest BCUT2D eigenvalue weighted by atomic mass is 32.2. The van der Waals surface area contributed by atoms with Crippen LogP contribution in [0.2, 0.25) is 0 Å². The van der Waals surface area contributed by atoms with Gasteiger partial charge in [0.05, 0.1) is 17.2 Å². The van der Waals surface area contributed by atoms with Crippen LogP contribution in [0.25, 0.3) is 0 Å². The molecule has 16 heavy (non-hydrogen) atoms. The molecule has 1 aromatic heterocycles. The molecule has 0 spiro atoms. The molecular weight excluding hydrogens is 250 g/mol. The Bertz CT molecular complexity index is 398. The van der Waals surface area contributed by atoms with Crippen molar-refractivity contribution < 1.29 is 22.3 Å². The second-order valence-electron chi connectivity index (χ2n) is 2.91. The van der Waals surface area contributed by atoms with E-state index in [1.165, 1.54) is 0 Å². The summed E-state index contributed by atoms with van der Waals surface area (Å²) in [6.07, 6.45) is 4.56. The van der Waals surface area contributed by atoms with E-state index in [0.717, 1.165) is 18.0 Å². The van der Waals surface area contributed by atoms with E-state index in [2.05, 4.69) is 12.6 Å². The van der Waals surface area contributed by atoms with E-state index in [1.54, 1.807) is 7.11 Å². The van der Waals surface area contributed by atoms with Crippen LogP contribution in [0.3, 0.4) is 0 Å². The molecule has 7 heteroatoms. The minimum absolute atomic E-state index is 0.604. The third-order valence-corrected chi connectivity index (χ3v) is 1.62. The number of pyridine rings is 1. The van der Waals surface area contributed by atoms with Gasteiger partial charge in [-0.15, -0.1) is 0 Å². The molecule has 0 fully saturated rings. The number of rotatable bonds is 3. The van der Waals surface area contributed by atoms with E-state index < -0.39 is 10.1 Å². The van der Waals surface area contributed by atoms with Gasteiger partial charge in [-0.05, 0) is 6.07 Å². The average molecular weight is 265 g/mol. The van der Waals surface area contributed by atoms with E-state index in [-0.39, 0.29) is 0 Å². The lowest BCUT2D eigenvalue weighted by molar-refractivity contribution is -0.692. The van der Waals surface area contributed by atoms with Gasteiger partial charge in [0.15, 0.2) is 18.5 Å². The smallest absolute Gasteiger partial charge is 0.211 e. The Kier molecular flexibility index (Phi) is 7.11. The van der Waals surface area contributed by atoms with Crippen molar-refractivity contribution in [2.24, 2.45) is 0 Å². The molecule has 0 N–H and O–H groups in total. The van der Waals surface area contributed by atoms with Gasteiger partial charge in [0.25, 0.3) is 0 Å². The lowest BCUT2D eigenvalue weighted by Gasteiger charge is -1.96. The minimum atomic E-state index is -3.92. The molecule has 0 aliphatic carbocycles. The van der Waals surface area contributed by atoms with Crippen molar-refractivity contribution in [3.05, 3.63) is 24.5 Å². The maximum Gasteiger partial charge on any atom is 0.211 e. The second kappa shape index (κ2) is 7.48. The highest BCUT2D eigenvalue weighted by Crippen LogP contribution is 2.02. The van der Waals surface area contributed by atoms with Crippen molar-refractivity contribution >= 4 is 22.7 Å². The number of aryl methyl sites for hydroxylation is 1. The molecule has 1 rings (SSSR count). The topological polar surface area (TPSA) is 70.3 Å². The zero-order valence-corrected chi connectivity index (χ0v) is 10.9. The molecule has 0 unspecified atom stereocenters. The van der Waals surface area contributed by atoms with Crippen LogP contribution in [0.1, 0.15) is 0 Å². The SMILES string of the molecule is COc1ccc[n+](CCS)c1.CS(=O)(=O)[O-]. The minimum Gasteiger partial charge on any atom is -0.748 e. The summed E-state index contributed by atoms with van der Waals surface area (Å²) in [6.45, 7) is 0.917. The first kappa shape index (κ1) is 15.2. The molecule has 0 radical (unpaired) electrons. The van der Waals surface area contributed by atoms with Crippen molar-refractivity contribution in [1.29, 1.82) is 0 Å². The van der Waals surface area contributed by atoms with E-state index >= 15 is 0 Å². The van der Waals surface area contributed by atoms with Crippen molar-refractivity contribution in [2.75, 3.05) is 19.1 Å². The third kappa shape index (κ3) is 9.75. The first-order valence-electron chi connectivity index (χ1n) is 4.41. The molecule has 1 aromatic rings. The Morgan fingerprint density at radius 3 is 2.56 bits per heavy atom. The Morgan fingerprint density at radius 2 is 2.12 bits per heavy atom. The van der Waals surface area contributed by atoms with Crippen LogP contribution < -0.4 is 9.30 Å². The van der Waals surface area contributed by atoms with Crippen LogP contribution in [0.5, 0.6) is 5.75 Å². The third-order valence-electron chi connectivity index (χ3n) is 1.42. The number of ether oxygens (including phenoxy) is 1. The molecule has 0 aliphatic rings. The van der Waals surface area contributed by atoms with E-state index in [0.29, 0.717) is 6.26 Å². The highest BCUT2D eigenvalue weighted by Gasteiger charge is 1.99. The van der Waals surface area contributed by atoms with Gasteiger partial charge < -0.3 is 9.29 Å². The molecule has 5 nitrogen and oxygen atoms in total. The maximum absolute atomic E-state index is 9.08. The number of aromatic nitrogens is 1. The Balaban J connectivity index is 0.000000385. The molecule has 0 atom stereocenters. The van der Waals surface area contributed by atoms with Crippen LogP contribution in [0.4, 0.5) is 0 Å². The zero-order chi connectivity index (χ0) is 12.6.